The Morgan fingerprint density at radius 1 is 0.740 bits per heavy atom. The molecule has 4 saturated carbocycles. The van der Waals surface area contributed by atoms with E-state index in [4.69, 9.17) is 23.7 Å². The lowest BCUT2D eigenvalue weighted by Crippen LogP contribution is -2.61. The van der Waals surface area contributed by atoms with Crippen molar-refractivity contribution >= 4 is 23.9 Å². The van der Waals surface area contributed by atoms with Crippen LogP contribution in [0.3, 0.4) is 0 Å². The van der Waals surface area contributed by atoms with E-state index >= 15 is 0 Å². The first-order valence-corrected chi connectivity index (χ1v) is 19.2. The molecule has 7 aliphatic rings. The largest absolute Gasteiger partial charge is 0.459 e. The van der Waals surface area contributed by atoms with E-state index in [1.165, 1.54) is 6.42 Å². The molecule has 7 rings (SSSR count). The number of aliphatic hydroxyl groups is 1. The molecule has 286 valence electrons. The Kier molecular flexibility index (Phi) is 11.6. The van der Waals surface area contributed by atoms with Crippen LogP contribution in [-0.4, -0.2) is 70.2 Å². The number of fused-ring (bicyclic) bond motifs is 1. The maximum Gasteiger partial charge on any atom is 0.312 e. The Balaban J connectivity index is 0.000000172. The van der Waals surface area contributed by atoms with Gasteiger partial charge in [0.1, 0.15) is 17.3 Å². The first-order chi connectivity index (χ1) is 22.9. The van der Waals surface area contributed by atoms with Crippen LogP contribution >= 0.6 is 0 Å². The summed E-state index contributed by atoms with van der Waals surface area (Å²) in [6.07, 6.45) is 8.24. The Morgan fingerprint density at radius 2 is 1.26 bits per heavy atom. The number of esters is 4. The maximum absolute atomic E-state index is 12.4. The standard InChI is InChI=1S/C16H26O3.C13H18O5.C11H22O2/c1-4-14(2,3)13(17)19-16-8-11-5-12(9-16)7-15(18,6-11)10-16;1-4-13(2,3)12(15)18-9-7-5-6-8(16-7)10(9)17-11(6)14;1-7-10(3,4)9(12)13-11(5,6)8-2/h11-12,18H,4-10H2,1-3H3;6-10H,4-5H2,1-3H3;7-8H2,1-6H3. The minimum absolute atomic E-state index is 0.0828. The first kappa shape index (κ1) is 40.6. The number of ether oxygens (including phenoxy) is 5. The molecule has 1 N–H and O–H groups in total. The fourth-order valence-electron chi connectivity index (χ4n) is 8.14. The highest BCUT2D eigenvalue weighted by Gasteiger charge is 2.65. The molecule has 7 unspecified atom stereocenters. The zero-order chi connectivity index (χ0) is 37.7. The second-order valence-corrected chi connectivity index (χ2v) is 18.7. The smallest absolute Gasteiger partial charge is 0.312 e. The van der Waals surface area contributed by atoms with Crippen molar-refractivity contribution in [3.63, 3.8) is 0 Å². The molecule has 7 fully saturated rings. The Morgan fingerprint density at radius 3 is 1.76 bits per heavy atom. The third-order valence-corrected chi connectivity index (χ3v) is 12.8. The van der Waals surface area contributed by atoms with E-state index in [9.17, 15) is 24.3 Å². The van der Waals surface area contributed by atoms with Gasteiger partial charge in [0.15, 0.2) is 12.2 Å². The molecule has 50 heavy (non-hydrogen) atoms. The van der Waals surface area contributed by atoms with Gasteiger partial charge in [0.05, 0.1) is 33.9 Å². The lowest BCUT2D eigenvalue weighted by atomic mass is 9.52. The normalized spacial score (nSPS) is 35.0. The number of hydrogen-bond donors (Lipinski definition) is 1. The minimum atomic E-state index is -0.555. The average Bonchev–Trinajstić information content (AvgIpc) is 3.65. The van der Waals surface area contributed by atoms with Crippen molar-refractivity contribution in [3.05, 3.63) is 0 Å². The Labute approximate surface area is 300 Å². The summed E-state index contributed by atoms with van der Waals surface area (Å²) in [6, 6.07) is 0. The third-order valence-electron chi connectivity index (χ3n) is 12.8. The fourth-order valence-corrected chi connectivity index (χ4v) is 8.14. The molecule has 0 radical (unpaired) electrons. The van der Waals surface area contributed by atoms with Crippen LogP contribution < -0.4 is 0 Å². The van der Waals surface area contributed by atoms with Gasteiger partial charge in [0.2, 0.25) is 0 Å². The summed E-state index contributed by atoms with van der Waals surface area (Å²) < 4.78 is 27.8. The highest BCUT2D eigenvalue weighted by atomic mass is 16.7. The molecular formula is C40H66O10. The van der Waals surface area contributed by atoms with Crippen molar-refractivity contribution in [1.29, 1.82) is 0 Å². The van der Waals surface area contributed by atoms with Crippen molar-refractivity contribution in [3.8, 4) is 0 Å². The summed E-state index contributed by atoms with van der Waals surface area (Å²) in [7, 11) is 0. The molecule has 0 spiro atoms. The van der Waals surface area contributed by atoms with E-state index < -0.39 is 28.6 Å². The molecular weight excluding hydrogens is 640 g/mol. The predicted octanol–water partition coefficient (Wildman–Crippen LogP) is 7.25. The second-order valence-electron chi connectivity index (χ2n) is 18.7. The second kappa shape index (κ2) is 14.3. The van der Waals surface area contributed by atoms with Gasteiger partial charge < -0.3 is 28.8 Å². The fraction of sp³-hybridized carbons (Fsp3) is 0.900. The van der Waals surface area contributed by atoms with E-state index in [-0.39, 0.29) is 58.6 Å². The van der Waals surface area contributed by atoms with Gasteiger partial charge >= 0.3 is 23.9 Å². The Bertz CT molecular complexity index is 1270. The highest BCUT2D eigenvalue weighted by Crippen LogP contribution is 2.59. The molecule has 10 nitrogen and oxygen atoms in total. The van der Waals surface area contributed by atoms with Gasteiger partial charge in [-0.2, -0.15) is 0 Å². The van der Waals surface area contributed by atoms with Crippen molar-refractivity contribution in [2.75, 3.05) is 0 Å². The summed E-state index contributed by atoms with van der Waals surface area (Å²) in [5.41, 5.74) is -2.52. The predicted molar refractivity (Wildman–Crippen MR) is 188 cm³/mol. The number of hydrogen-bond acceptors (Lipinski definition) is 10. The summed E-state index contributed by atoms with van der Waals surface area (Å²) in [5.74, 6) is 0.343. The van der Waals surface area contributed by atoms with Crippen molar-refractivity contribution in [2.45, 2.75) is 195 Å². The summed E-state index contributed by atoms with van der Waals surface area (Å²) in [5, 5.41) is 10.6. The zero-order valence-corrected chi connectivity index (χ0v) is 32.9. The molecule has 0 aromatic carbocycles. The van der Waals surface area contributed by atoms with Gasteiger partial charge in [0, 0.05) is 6.42 Å². The van der Waals surface area contributed by atoms with E-state index in [1.54, 1.807) is 0 Å². The number of carbonyl (C=O) groups is 4. The van der Waals surface area contributed by atoms with Gasteiger partial charge in [-0.05, 0) is 131 Å². The molecule has 0 aromatic heterocycles. The van der Waals surface area contributed by atoms with Gasteiger partial charge in [-0.15, -0.1) is 0 Å². The van der Waals surface area contributed by atoms with E-state index in [0.29, 0.717) is 31.1 Å². The van der Waals surface area contributed by atoms with Gasteiger partial charge in [0.25, 0.3) is 0 Å². The lowest BCUT2D eigenvalue weighted by molar-refractivity contribution is -0.225. The lowest BCUT2D eigenvalue weighted by Gasteiger charge is -2.59. The van der Waals surface area contributed by atoms with Gasteiger partial charge in [-0.3, -0.25) is 19.2 Å². The van der Waals surface area contributed by atoms with E-state index in [0.717, 1.165) is 44.9 Å². The summed E-state index contributed by atoms with van der Waals surface area (Å²) >= 11 is 0. The Hall–Kier alpha value is -2.20. The molecule has 7 atom stereocenters. The summed E-state index contributed by atoms with van der Waals surface area (Å²) in [6.45, 7) is 23.3. The maximum atomic E-state index is 12.4. The van der Waals surface area contributed by atoms with Crippen LogP contribution in [0.15, 0.2) is 0 Å². The van der Waals surface area contributed by atoms with Crippen molar-refractivity contribution in [1.82, 2.24) is 0 Å². The zero-order valence-electron chi connectivity index (χ0n) is 32.9. The molecule has 3 saturated heterocycles. The molecule has 4 aliphatic carbocycles. The number of carbonyl (C=O) groups excluding carboxylic acids is 4. The van der Waals surface area contributed by atoms with Gasteiger partial charge in [-0.25, -0.2) is 0 Å². The van der Waals surface area contributed by atoms with Crippen LogP contribution in [0.5, 0.6) is 0 Å². The first-order valence-electron chi connectivity index (χ1n) is 19.2. The summed E-state index contributed by atoms with van der Waals surface area (Å²) in [4.78, 5) is 47.6. The van der Waals surface area contributed by atoms with Crippen LogP contribution in [0.1, 0.15) is 154 Å². The number of rotatable bonds is 10. The quantitative estimate of drug-likeness (QED) is 0.183. The van der Waals surface area contributed by atoms with E-state index in [2.05, 4.69) is 0 Å². The van der Waals surface area contributed by atoms with Crippen molar-refractivity contribution in [2.24, 2.45) is 34.0 Å². The van der Waals surface area contributed by atoms with Gasteiger partial charge in [-0.1, -0.05) is 27.7 Å². The van der Waals surface area contributed by atoms with Crippen LogP contribution in [0.25, 0.3) is 0 Å². The van der Waals surface area contributed by atoms with Crippen LogP contribution in [-0.2, 0) is 42.9 Å². The minimum Gasteiger partial charge on any atom is -0.459 e. The molecule has 6 bridgehead atoms. The molecule has 3 aliphatic heterocycles. The van der Waals surface area contributed by atoms with Crippen LogP contribution in [0.2, 0.25) is 0 Å². The molecule has 3 heterocycles. The third kappa shape index (κ3) is 8.53. The van der Waals surface area contributed by atoms with Crippen LogP contribution in [0.4, 0.5) is 0 Å². The monoisotopic (exact) mass is 706 g/mol. The average molecular weight is 707 g/mol. The van der Waals surface area contributed by atoms with E-state index in [1.807, 2.05) is 83.1 Å². The highest BCUT2D eigenvalue weighted by molar-refractivity contribution is 5.79. The molecule has 10 heteroatoms. The topological polar surface area (TPSA) is 135 Å². The van der Waals surface area contributed by atoms with Crippen LogP contribution in [0, 0.1) is 34.0 Å². The van der Waals surface area contributed by atoms with Crippen molar-refractivity contribution < 1.29 is 48.0 Å². The SMILES string of the molecule is CCC(C)(C)C(=O)OC12CC3CC(CC(O)(C3)C1)C2.CCC(C)(C)C(=O)OC1C2CC3C(=O)OC1C3O2.CCC(C)(C)OC(=O)C(C)(C)CC. The molecule has 0 amide bonds. The molecule has 0 aromatic rings.